The molecule has 1 fully saturated rings. The van der Waals surface area contributed by atoms with Gasteiger partial charge in [0.15, 0.2) is 11.5 Å². The first-order chi connectivity index (χ1) is 18.5. The highest BCUT2D eigenvalue weighted by Crippen LogP contribution is 2.32. The van der Waals surface area contributed by atoms with Crippen LogP contribution in [0.4, 0.5) is 23.2 Å². The lowest BCUT2D eigenvalue weighted by Crippen LogP contribution is -2.51. The van der Waals surface area contributed by atoms with Gasteiger partial charge in [-0.15, -0.1) is 13.2 Å². The zero-order valence-electron chi connectivity index (χ0n) is 21.5. The number of carbonyl (C=O) groups excluding carboxylic acids is 2. The van der Waals surface area contributed by atoms with Gasteiger partial charge in [-0.2, -0.15) is 0 Å². The Morgan fingerprint density at radius 3 is 2.54 bits per heavy atom. The molecule has 1 atom stereocenters. The first-order valence-corrected chi connectivity index (χ1v) is 12.3. The van der Waals surface area contributed by atoms with Crippen LogP contribution in [0.3, 0.4) is 0 Å². The fourth-order valence-electron chi connectivity index (χ4n) is 4.32. The summed E-state index contributed by atoms with van der Waals surface area (Å²) in [7, 11) is 1.98. The van der Waals surface area contributed by atoms with Gasteiger partial charge in [-0.05, 0) is 55.9 Å². The molecule has 1 aliphatic rings. The van der Waals surface area contributed by atoms with Crippen molar-refractivity contribution in [2.24, 2.45) is 0 Å². The number of nitrogens with zero attached hydrogens (tertiary/aromatic N) is 3. The number of benzene rings is 2. The Labute approximate surface area is 223 Å². The maximum absolute atomic E-state index is 14.0. The molecular weight excluding hydrogens is 516 g/mol. The van der Waals surface area contributed by atoms with E-state index in [1.165, 1.54) is 24.4 Å². The lowest BCUT2D eigenvalue weighted by atomic mass is 10.0. The number of nitrogens with one attached hydrogen (secondary N) is 1. The van der Waals surface area contributed by atoms with Crippen LogP contribution in [0, 0.1) is 5.82 Å². The molecule has 0 bridgehead atoms. The van der Waals surface area contributed by atoms with Crippen LogP contribution in [-0.4, -0.2) is 72.1 Å². The average molecular weight is 545 g/mol. The van der Waals surface area contributed by atoms with E-state index >= 15 is 0 Å². The number of aromatic nitrogens is 1. The molecule has 0 spiro atoms. The Balaban J connectivity index is 1.48. The fraction of sp³-hybridized carbons (Fsp3) is 0.321. The van der Waals surface area contributed by atoms with Crippen LogP contribution < -0.4 is 10.1 Å². The molecule has 0 aliphatic carbocycles. The second kappa shape index (κ2) is 11.9. The number of alkyl halides is 3. The van der Waals surface area contributed by atoms with Gasteiger partial charge >= 0.3 is 6.36 Å². The Morgan fingerprint density at radius 2 is 1.87 bits per heavy atom. The van der Waals surface area contributed by atoms with E-state index in [4.69, 9.17) is 0 Å². The molecule has 0 radical (unpaired) electrons. The second-order valence-electron chi connectivity index (χ2n) is 9.50. The molecule has 1 saturated heterocycles. The molecule has 3 aromatic rings. The second-order valence-corrected chi connectivity index (χ2v) is 9.50. The fourth-order valence-corrected chi connectivity index (χ4v) is 4.32. The molecule has 0 unspecified atom stereocenters. The predicted octanol–water partition coefficient (Wildman–Crippen LogP) is 4.79. The third-order valence-corrected chi connectivity index (χ3v) is 6.55. The minimum absolute atomic E-state index is 0.0121. The highest BCUT2D eigenvalue weighted by Gasteiger charge is 2.33. The zero-order valence-corrected chi connectivity index (χ0v) is 21.5. The van der Waals surface area contributed by atoms with Gasteiger partial charge in [-0.3, -0.25) is 19.5 Å². The number of Topliss-reactive ketones (excluding diaryl/α,β-unsaturated/α-hetero) is 1. The first kappa shape index (κ1) is 28.2. The van der Waals surface area contributed by atoms with Crippen molar-refractivity contribution in [3.63, 3.8) is 0 Å². The van der Waals surface area contributed by atoms with Crippen LogP contribution in [0.2, 0.25) is 0 Å². The number of likely N-dealkylation sites (N-methyl/N-ethyl adjacent to an activating group) is 1. The van der Waals surface area contributed by atoms with Crippen LogP contribution in [-0.2, 0) is 11.2 Å². The standard InChI is InChI=1S/C28H28F4N4O3/c1-18-16-36(12-11-35(18)2)17-27(38)34-24-14-20(8-10-26(24)39-28(30,31)32)25(37)13-19-7-9-23(33-15-19)21-5-3-4-6-22(21)29/h3-10,14-15,18H,11-13,16-17H2,1-2H3,(H,34,38)/t18-/m1/s1. The number of carbonyl (C=O) groups is 2. The predicted molar refractivity (Wildman–Crippen MR) is 138 cm³/mol. The number of hydrogen-bond acceptors (Lipinski definition) is 6. The summed E-state index contributed by atoms with van der Waals surface area (Å²) < 4.78 is 57.1. The number of ketones is 1. The number of amides is 1. The van der Waals surface area contributed by atoms with Gasteiger partial charge in [0.2, 0.25) is 5.91 Å². The molecule has 39 heavy (non-hydrogen) atoms. The third kappa shape index (κ3) is 7.61. The number of halogens is 4. The average Bonchev–Trinajstić information content (AvgIpc) is 2.87. The number of pyridine rings is 1. The zero-order chi connectivity index (χ0) is 28.2. The summed E-state index contributed by atoms with van der Waals surface area (Å²) in [4.78, 5) is 34.0. The smallest absolute Gasteiger partial charge is 0.404 e. The van der Waals surface area contributed by atoms with E-state index in [9.17, 15) is 27.2 Å². The Kier molecular flexibility index (Phi) is 8.61. The van der Waals surface area contributed by atoms with Crippen molar-refractivity contribution in [1.29, 1.82) is 0 Å². The summed E-state index contributed by atoms with van der Waals surface area (Å²) in [6.45, 7) is 4.05. The molecule has 1 amide bonds. The molecular formula is C28H28F4N4O3. The van der Waals surface area contributed by atoms with E-state index in [0.29, 0.717) is 29.9 Å². The van der Waals surface area contributed by atoms with Crippen molar-refractivity contribution in [3.05, 3.63) is 77.7 Å². The lowest BCUT2D eigenvalue weighted by Gasteiger charge is -2.37. The van der Waals surface area contributed by atoms with Crippen LogP contribution in [0.5, 0.6) is 5.75 Å². The summed E-state index contributed by atoms with van der Waals surface area (Å²) in [5, 5.41) is 2.48. The van der Waals surface area contributed by atoms with Gasteiger partial charge in [0, 0.05) is 49.4 Å². The van der Waals surface area contributed by atoms with Crippen molar-refractivity contribution in [1.82, 2.24) is 14.8 Å². The number of anilines is 1. The van der Waals surface area contributed by atoms with E-state index < -0.39 is 29.6 Å². The first-order valence-electron chi connectivity index (χ1n) is 12.3. The van der Waals surface area contributed by atoms with Crippen molar-refractivity contribution in [3.8, 4) is 17.0 Å². The maximum Gasteiger partial charge on any atom is 0.573 e. The van der Waals surface area contributed by atoms with E-state index in [-0.39, 0.29) is 30.3 Å². The van der Waals surface area contributed by atoms with Crippen molar-refractivity contribution in [2.45, 2.75) is 25.7 Å². The number of rotatable bonds is 8. The summed E-state index contributed by atoms with van der Waals surface area (Å²) in [6.07, 6.45) is -3.64. The quantitative estimate of drug-likeness (QED) is 0.325. The molecule has 7 nitrogen and oxygen atoms in total. The third-order valence-electron chi connectivity index (χ3n) is 6.55. The van der Waals surface area contributed by atoms with Crippen LogP contribution in [0.15, 0.2) is 60.8 Å². The van der Waals surface area contributed by atoms with Gasteiger partial charge in [0.25, 0.3) is 0 Å². The van der Waals surface area contributed by atoms with Gasteiger partial charge < -0.3 is 15.0 Å². The topological polar surface area (TPSA) is 74.8 Å². The molecule has 11 heteroatoms. The lowest BCUT2D eigenvalue weighted by molar-refractivity contribution is -0.274. The van der Waals surface area contributed by atoms with E-state index in [1.807, 2.05) is 18.9 Å². The minimum Gasteiger partial charge on any atom is -0.404 e. The number of piperazine rings is 1. The molecule has 0 saturated carbocycles. The largest absolute Gasteiger partial charge is 0.573 e. The summed E-state index contributed by atoms with van der Waals surface area (Å²) in [6, 6.07) is 13.0. The highest BCUT2D eigenvalue weighted by molar-refractivity contribution is 6.00. The molecule has 2 aromatic carbocycles. The summed E-state index contributed by atoms with van der Waals surface area (Å²) in [5.74, 6) is -1.96. The summed E-state index contributed by atoms with van der Waals surface area (Å²) in [5.41, 5.74) is 1.09. The van der Waals surface area contributed by atoms with E-state index in [2.05, 4.69) is 19.9 Å². The van der Waals surface area contributed by atoms with Gasteiger partial charge in [0.1, 0.15) is 5.82 Å². The van der Waals surface area contributed by atoms with E-state index in [1.54, 1.807) is 30.3 Å². The molecule has 1 N–H and O–H groups in total. The molecule has 206 valence electrons. The van der Waals surface area contributed by atoms with Gasteiger partial charge in [-0.25, -0.2) is 4.39 Å². The Bertz CT molecular complexity index is 1330. The number of hydrogen-bond donors (Lipinski definition) is 1. The van der Waals surface area contributed by atoms with Gasteiger partial charge in [-0.1, -0.05) is 18.2 Å². The van der Waals surface area contributed by atoms with Crippen LogP contribution >= 0.6 is 0 Å². The van der Waals surface area contributed by atoms with Crippen molar-refractivity contribution in [2.75, 3.05) is 38.5 Å². The van der Waals surface area contributed by atoms with Crippen LogP contribution in [0.1, 0.15) is 22.8 Å². The summed E-state index contributed by atoms with van der Waals surface area (Å²) >= 11 is 0. The van der Waals surface area contributed by atoms with E-state index in [0.717, 1.165) is 12.6 Å². The molecule has 2 heterocycles. The Hall–Kier alpha value is -3.83. The minimum atomic E-state index is -4.98. The van der Waals surface area contributed by atoms with Crippen molar-refractivity contribution >= 4 is 17.4 Å². The number of ether oxygens (including phenoxy) is 1. The maximum atomic E-state index is 14.0. The normalized spacial score (nSPS) is 16.6. The van der Waals surface area contributed by atoms with Crippen molar-refractivity contribution < 1.29 is 31.9 Å². The molecule has 4 rings (SSSR count). The molecule has 1 aliphatic heterocycles. The Morgan fingerprint density at radius 1 is 1.10 bits per heavy atom. The molecule has 1 aromatic heterocycles. The van der Waals surface area contributed by atoms with Gasteiger partial charge in [0.05, 0.1) is 17.9 Å². The van der Waals surface area contributed by atoms with Crippen LogP contribution in [0.25, 0.3) is 11.3 Å². The monoisotopic (exact) mass is 544 g/mol. The highest BCUT2D eigenvalue weighted by atomic mass is 19.4. The SMILES string of the molecule is C[C@@H]1CN(CC(=O)Nc2cc(C(=O)Cc3ccc(-c4ccccc4F)nc3)ccc2OC(F)(F)F)CCN1C.